The average Bonchev–Trinajstić information content (AvgIpc) is 2.61. The first-order valence-electron chi connectivity index (χ1n) is 7.50. The van der Waals surface area contributed by atoms with Crippen LogP contribution in [0, 0.1) is 22.7 Å². The van der Waals surface area contributed by atoms with E-state index in [-0.39, 0.29) is 18.5 Å². The highest BCUT2D eigenvalue weighted by atomic mass is 16.2. The highest BCUT2D eigenvalue weighted by Crippen LogP contribution is 2.09. The maximum absolute atomic E-state index is 12.2. The van der Waals surface area contributed by atoms with Gasteiger partial charge in [0, 0.05) is 18.4 Å². The second-order valence-electron chi connectivity index (χ2n) is 5.19. The van der Waals surface area contributed by atoms with Gasteiger partial charge in [0.05, 0.1) is 12.5 Å². The number of nitrogens with one attached hydrogen (secondary N) is 1. The van der Waals surface area contributed by atoms with Crippen molar-refractivity contribution in [2.75, 3.05) is 5.32 Å². The zero-order chi connectivity index (χ0) is 18.4. The molecule has 2 rings (SSSR count). The predicted octanol–water partition coefficient (Wildman–Crippen LogP) is 0.606. The van der Waals surface area contributed by atoms with Crippen molar-refractivity contribution in [3.8, 4) is 12.1 Å². The van der Waals surface area contributed by atoms with Crippen LogP contribution in [0.5, 0.6) is 0 Å². The number of benzene rings is 1. The molecule has 0 saturated heterocycles. The normalized spacial score (nSPS) is 9.88. The van der Waals surface area contributed by atoms with Gasteiger partial charge in [0.25, 0.3) is 5.56 Å². The molecule has 0 atom stereocenters. The van der Waals surface area contributed by atoms with Gasteiger partial charge in [-0.05, 0) is 24.6 Å². The molecule has 2 aromatic rings. The summed E-state index contributed by atoms with van der Waals surface area (Å²) in [5.41, 5.74) is -0.353. The molecule has 1 heterocycles. The molecular formula is C17H15N5O3. The summed E-state index contributed by atoms with van der Waals surface area (Å²) in [4.78, 5) is 36.5. The van der Waals surface area contributed by atoms with Crippen LogP contribution >= 0.6 is 0 Å². The van der Waals surface area contributed by atoms with Gasteiger partial charge in [-0.1, -0.05) is 12.1 Å². The van der Waals surface area contributed by atoms with Crippen molar-refractivity contribution in [3.05, 3.63) is 62.4 Å². The number of aryl methyl sites for hydroxylation is 1. The van der Waals surface area contributed by atoms with Crippen molar-refractivity contribution in [3.63, 3.8) is 0 Å². The van der Waals surface area contributed by atoms with Crippen molar-refractivity contribution in [1.82, 2.24) is 9.13 Å². The molecule has 0 saturated carbocycles. The van der Waals surface area contributed by atoms with Crippen LogP contribution in [0.4, 0.5) is 5.69 Å². The van der Waals surface area contributed by atoms with Crippen molar-refractivity contribution < 1.29 is 4.79 Å². The topological polar surface area (TPSA) is 121 Å². The molecule has 1 N–H and O–H groups in total. The first-order chi connectivity index (χ1) is 12.0. The Kier molecular flexibility index (Phi) is 5.49. The molecule has 0 aliphatic heterocycles. The van der Waals surface area contributed by atoms with Gasteiger partial charge in [-0.3, -0.25) is 14.2 Å². The Morgan fingerprint density at radius 2 is 1.88 bits per heavy atom. The molecule has 0 spiro atoms. The van der Waals surface area contributed by atoms with Crippen molar-refractivity contribution in [2.24, 2.45) is 0 Å². The number of aromatic nitrogens is 2. The Labute approximate surface area is 143 Å². The first-order valence-corrected chi connectivity index (χ1v) is 7.50. The first kappa shape index (κ1) is 17.7. The third kappa shape index (κ3) is 4.01. The van der Waals surface area contributed by atoms with Crippen molar-refractivity contribution in [1.29, 1.82) is 10.5 Å². The molecule has 0 radical (unpaired) electrons. The lowest BCUT2D eigenvalue weighted by molar-refractivity contribution is -0.116. The molecule has 126 valence electrons. The third-order valence-electron chi connectivity index (χ3n) is 3.52. The van der Waals surface area contributed by atoms with Crippen LogP contribution in [0.3, 0.4) is 0 Å². The number of hydrogen-bond donors (Lipinski definition) is 1. The van der Waals surface area contributed by atoms with E-state index in [0.29, 0.717) is 5.69 Å². The molecule has 0 unspecified atom stereocenters. The summed E-state index contributed by atoms with van der Waals surface area (Å²) < 4.78 is 1.94. The van der Waals surface area contributed by atoms with E-state index in [4.69, 9.17) is 10.5 Å². The summed E-state index contributed by atoms with van der Waals surface area (Å²) in [6.45, 7) is 1.48. The molecule has 1 amide bonds. The quantitative estimate of drug-likeness (QED) is 0.856. The number of hydrogen-bond acceptors (Lipinski definition) is 5. The molecule has 1 aromatic heterocycles. The maximum Gasteiger partial charge on any atom is 0.331 e. The molecule has 8 heteroatoms. The van der Waals surface area contributed by atoms with E-state index in [1.165, 1.54) is 10.8 Å². The van der Waals surface area contributed by atoms with Crippen LogP contribution in [0.1, 0.15) is 18.1 Å². The lowest BCUT2D eigenvalue weighted by Crippen LogP contribution is -2.43. The van der Waals surface area contributed by atoms with Gasteiger partial charge in [-0.2, -0.15) is 10.5 Å². The number of amides is 1. The molecule has 0 bridgehead atoms. The van der Waals surface area contributed by atoms with E-state index in [0.717, 1.165) is 10.1 Å². The number of rotatable bonds is 5. The van der Waals surface area contributed by atoms with Crippen molar-refractivity contribution in [2.45, 2.75) is 26.4 Å². The van der Waals surface area contributed by atoms with Gasteiger partial charge in [-0.25, -0.2) is 9.36 Å². The summed E-state index contributed by atoms with van der Waals surface area (Å²) in [6.07, 6.45) is 1.45. The number of anilines is 1. The standard InChI is InChI=1S/C17H15N5O3/c1-2-21-10-13(9-19)16(24)22(17(21)25)11-15(23)20-14-5-3-12(4-6-14)7-8-18/h3-6,10H,2,7,11H2,1H3,(H,20,23). The molecule has 0 aliphatic carbocycles. The number of nitrogens with zero attached hydrogens (tertiary/aromatic N) is 4. The zero-order valence-electron chi connectivity index (χ0n) is 13.5. The Morgan fingerprint density at radius 3 is 2.44 bits per heavy atom. The number of carbonyl (C=O) groups excluding carboxylic acids is 1. The largest absolute Gasteiger partial charge is 0.331 e. The molecule has 8 nitrogen and oxygen atoms in total. The smallest absolute Gasteiger partial charge is 0.325 e. The Bertz CT molecular complexity index is 987. The summed E-state index contributed by atoms with van der Waals surface area (Å²) in [7, 11) is 0. The van der Waals surface area contributed by atoms with E-state index in [9.17, 15) is 14.4 Å². The lowest BCUT2D eigenvalue weighted by Gasteiger charge is -2.10. The van der Waals surface area contributed by atoms with Crippen LogP contribution in [0.25, 0.3) is 0 Å². The Morgan fingerprint density at radius 1 is 1.20 bits per heavy atom. The van der Waals surface area contributed by atoms with Crippen molar-refractivity contribution >= 4 is 11.6 Å². The van der Waals surface area contributed by atoms with E-state index >= 15 is 0 Å². The second-order valence-corrected chi connectivity index (χ2v) is 5.19. The van der Waals surface area contributed by atoms with Gasteiger partial charge in [-0.15, -0.1) is 0 Å². The minimum absolute atomic E-state index is 0.199. The van der Waals surface area contributed by atoms with Gasteiger partial charge < -0.3 is 5.32 Å². The molecule has 0 fully saturated rings. The Hall–Kier alpha value is -3.65. The fourth-order valence-corrected chi connectivity index (χ4v) is 2.24. The van der Waals surface area contributed by atoms with Crippen LogP contribution in [-0.2, 0) is 24.3 Å². The van der Waals surface area contributed by atoms with E-state index < -0.39 is 23.7 Å². The molecule has 0 aliphatic rings. The summed E-state index contributed by atoms with van der Waals surface area (Å²) in [5, 5.41) is 20.2. The number of nitriles is 2. The third-order valence-corrected chi connectivity index (χ3v) is 3.52. The van der Waals surface area contributed by atoms with Crippen LogP contribution in [0.15, 0.2) is 40.1 Å². The summed E-state index contributed by atoms with van der Waals surface area (Å²) >= 11 is 0. The predicted molar refractivity (Wildman–Crippen MR) is 89.7 cm³/mol. The average molecular weight is 337 g/mol. The molecular weight excluding hydrogens is 322 g/mol. The monoisotopic (exact) mass is 337 g/mol. The van der Waals surface area contributed by atoms with Crippen LogP contribution in [-0.4, -0.2) is 15.0 Å². The van der Waals surface area contributed by atoms with E-state index in [1.807, 2.05) is 6.07 Å². The molecule has 1 aromatic carbocycles. The highest BCUT2D eigenvalue weighted by molar-refractivity contribution is 5.90. The van der Waals surface area contributed by atoms with E-state index in [2.05, 4.69) is 5.32 Å². The second kappa shape index (κ2) is 7.75. The zero-order valence-corrected chi connectivity index (χ0v) is 13.5. The van der Waals surface area contributed by atoms with Gasteiger partial charge in [0.2, 0.25) is 5.91 Å². The molecule has 25 heavy (non-hydrogen) atoms. The summed E-state index contributed by atoms with van der Waals surface area (Å²) in [5.74, 6) is -0.565. The minimum Gasteiger partial charge on any atom is -0.325 e. The van der Waals surface area contributed by atoms with Crippen LogP contribution < -0.4 is 16.6 Å². The van der Waals surface area contributed by atoms with Gasteiger partial charge in [0.1, 0.15) is 18.2 Å². The SMILES string of the molecule is CCn1cc(C#N)c(=O)n(CC(=O)Nc2ccc(CC#N)cc2)c1=O. The highest BCUT2D eigenvalue weighted by Gasteiger charge is 2.14. The Balaban J connectivity index is 2.24. The summed E-state index contributed by atoms with van der Waals surface area (Å²) in [6, 6.07) is 10.4. The van der Waals surface area contributed by atoms with Crippen LogP contribution in [0.2, 0.25) is 0 Å². The maximum atomic E-state index is 12.2. The fraction of sp³-hybridized carbons (Fsp3) is 0.235. The van der Waals surface area contributed by atoms with Gasteiger partial charge >= 0.3 is 5.69 Å². The van der Waals surface area contributed by atoms with E-state index in [1.54, 1.807) is 37.3 Å². The minimum atomic E-state index is -0.795. The van der Waals surface area contributed by atoms with Gasteiger partial charge in [0.15, 0.2) is 0 Å². The lowest BCUT2D eigenvalue weighted by atomic mass is 10.1. The fourth-order valence-electron chi connectivity index (χ4n) is 2.24. The number of carbonyl (C=O) groups is 1.